The Labute approximate surface area is 97.5 Å². The average Bonchev–Trinajstić information content (AvgIpc) is 2.69. The van der Waals surface area contributed by atoms with Crippen LogP contribution in [0.25, 0.3) is 11.3 Å². The van der Waals surface area contributed by atoms with Crippen LogP contribution in [0.3, 0.4) is 0 Å². The highest BCUT2D eigenvalue weighted by atomic mass is 16.5. The zero-order valence-corrected chi connectivity index (χ0v) is 9.20. The second-order valence-corrected chi connectivity index (χ2v) is 3.42. The van der Waals surface area contributed by atoms with Gasteiger partial charge in [0.05, 0.1) is 5.69 Å². The fourth-order valence-electron chi connectivity index (χ4n) is 1.43. The van der Waals surface area contributed by atoms with Gasteiger partial charge in [0.25, 0.3) is 0 Å². The van der Waals surface area contributed by atoms with E-state index >= 15 is 0 Å². The van der Waals surface area contributed by atoms with Crippen LogP contribution < -0.4 is 4.74 Å². The van der Waals surface area contributed by atoms with Crippen molar-refractivity contribution in [1.82, 2.24) is 14.8 Å². The molecule has 0 saturated carbocycles. The molecule has 88 valence electrons. The largest absolute Gasteiger partial charge is 0.479 e. The molecule has 17 heavy (non-hydrogen) atoms. The second kappa shape index (κ2) is 4.65. The highest BCUT2D eigenvalue weighted by Crippen LogP contribution is 2.21. The molecule has 2 rings (SSSR count). The van der Waals surface area contributed by atoms with Gasteiger partial charge in [-0.25, -0.2) is 4.79 Å². The molecule has 0 aliphatic carbocycles. The molecule has 0 aliphatic heterocycles. The summed E-state index contributed by atoms with van der Waals surface area (Å²) in [5.74, 6) is -0.743. The smallest absolute Gasteiger partial charge is 0.341 e. The molecule has 0 spiro atoms. The summed E-state index contributed by atoms with van der Waals surface area (Å²) < 4.78 is 6.62. The Kier molecular flexibility index (Phi) is 3.04. The first-order valence-corrected chi connectivity index (χ1v) is 4.96. The van der Waals surface area contributed by atoms with Crippen LogP contribution in [0.1, 0.15) is 0 Å². The van der Waals surface area contributed by atoms with Gasteiger partial charge in [-0.15, -0.1) is 5.10 Å². The van der Waals surface area contributed by atoms with Gasteiger partial charge >= 0.3 is 5.97 Å². The van der Waals surface area contributed by atoms with Gasteiger partial charge < -0.3 is 9.84 Å². The van der Waals surface area contributed by atoms with Crippen molar-refractivity contribution < 1.29 is 14.6 Å². The van der Waals surface area contributed by atoms with Gasteiger partial charge in [-0.3, -0.25) is 9.67 Å². The van der Waals surface area contributed by atoms with Crippen LogP contribution >= 0.6 is 0 Å². The summed E-state index contributed by atoms with van der Waals surface area (Å²) in [6, 6.07) is 5.39. The third-order valence-electron chi connectivity index (χ3n) is 2.16. The van der Waals surface area contributed by atoms with Crippen LogP contribution in [0.2, 0.25) is 0 Å². The quantitative estimate of drug-likeness (QED) is 0.850. The predicted molar refractivity (Wildman–Crippen MR) is 59.6 cm³/mol. The zero-order valence-electron chi connectivity index (χ0n) is 9.20. The molecular formula is C11H11N3O3. The maximum Gasteiger partial charge on any atom is 0.341 e. The van der Waals surface area contributed by atoms with E-state index < -0.39 is 12.6 Å². The summed E-state index contributed by atoms with van der Waals surface area (Å²) in [6.45, 7) is -0.399. The average molecular weight is 233 g/mol. The molecule has 0 bridgehead atoms. The van der Waals surface area contributed by atoms with E-state index in [1.54, 1.807) is 30.2 Å². The van der Waals surface area contributed by atoms with Crippen molar-refractivity contribution in [2.75, 3.05) is 6.61 Å². The molecule has 1 N–H and O–H groups in total. The van der Waals surface area contributed by atoms with Gasteiger partial charge in [0.1, 0.15) is 0 Å². The molecule has 0 unspecified atom stereocenters. The second-order valence-electron chi connectivity index (χ2n) is 3.42. The molecule has 0 fully saturated rings. The molecular weight excluding hydrogens is 222 g/mol. The molecule has 2 aromatic heterocycles. The molecule has 6 heteroatoms. The van der Waals surface area contributed by atoms with E-state index in [9.17, 15) is 4.79 Å². The van der Waals surface area contributed by atoms with E-state index in [0.717, 1.165) is 11.3 Å². The first-order chi connectivity index (χ1) is 8.16. The summed E-state index contributed by atoms with van der Waals surface area (Å²) in [6.07, 6.45) is 3.39. The summed E-state index contributed by atoms with van der Waals surface area (Å²) in [5, 5.41) is 12.6. The van der Waals surface area contributed by atoms with Crippen molar-refractivity contribution >= 4 is 5.97 Å². The number of ether oxygens (including phenoxy) is 1. The summed E-state index contributed by atoms with van der Waals surface area (Å²) >= 11 is 0. The van der Waals surface area contributed by atoms with Crippen LogP contribution in [-0.2, 0) is 11.8 Å². The normalized spacial score (nSPS) is 10.2. The lowest BCUT2D eigenvalue weighted by molar-refractivity contribution is -0.139. The van der Waals surface area contributed by atoms with Crippen molar-refractivity contribution in [2.24, 2.45) is 7.05 Å². The fraction of sp³-hybridized carbons (Fsp3) is 0.182. The number of carbonyl (C=O) groups is 1. The highest BCUT2D eigenvalue weighted by molar-refractivity contribution is 5.68. The van der Waals surface area contributed by atoms with Crippen molar-refractivity contribution in [3.05, 3.63) is 30.6 Å². The third-order valence-corrected chi connectivity index (χ3v) is 2.16. The SMILES string of the molecule is Cn1nc(OCC(=O)O)cc1-c1cccnc1. The number of carboxylic acid groups (broad SMARTS) is 1. The number of nitrogens with zero attached hydrogens (tertiary/aromatic N) is 3. The summed E-state index contributed by atoms with van der Waals surface area (Å²) in [5.41, 5.74) is 1.71. The monoisotopic (exact) mass is 233 g/mol. The first-order valence-electron chi connectivity index (χ1n) is 4.96. The van der Waals surface area contributed by atoms with Gasteiger partial charge in [-0.1, -0.05) is 0 Å². The Hall–Kier alpha value is -2.37. The first kappa shape index (κ1) is 11.1. The van der Waals surface area contributed by atoms with E-state index in [0.29, 0.717) is 0 Å². The minimum Gasteiger partial charge on any atom is -0.479 e. The molecule has 6 nitrogen and oxygen atoms in total. The number of hydrogen-bond acceptors (Lipinski definition) is 4. The van der Waals surface area contributed by atoms with Gasteiger partial charge in [-0.2, -0.15) is 0 Å². The number of rotatable bonds is 4. The Balaban J connectivity index is 2.22. The number of aliphatic carboxylic acids is 1. The molecule has 2 heterocycles. The van der Waals surface area contributed by atoms with Crippen LogP contribution in [0.5, 0.6) is 5.88 Å². The van der Waals surface area contributed by atoms with Gasteiger partial charge in [0.15, 0.2) is 6.61 Å². The molecule has 0 aliphatic rings. The molecule has 0 saturated heterocycles. The van der Waals surface area contributed by atoms with Crippen molar-refractivity contribution in [3.8, 4) is 17.1 Å². The van der Waals surface area contributed by atoms with Crippen molar-refractivity contribution in [1.29, 1.82) is 0 Å². The van der Waals surface area contributed by atoms with E-state index in [-0.39, 0.29) is 5.88 Å². The summed E-state index contributed by atoms with van der Waals surface area (Å²) in [4.78, 5) is 14.4. The Morgan fingerprint density at radius 3 is 3.06 bits per heavy atom. The van der Waals surface area contributed by atoms with E-state index in [1.807, 2.05) is 12.1 Å². The maximum absolute atomic E-state index is 10.4. The topological polar surface area (TPSA) is 77.2 Å². The molecule has 0 radical (unpaired) electrons. The number of aromatic nitrogens is 3. The molecule has 0 atom stereocenters. The molecule has 0 amide bonds. The number of aryl methyl sites for hydroxylation is 1. The van der Waals surface area contributed by atoms with Gasteiger partial charge in [0.2, 0.25) is 5.88 Å². The third kappa shape index (κ3) is 2.60. The van der Waals surface area contributed by atoms with E-state index in [2.05, 4.69) is 10.1 Å². The lowest BCUT2D eigenvalue weighted by atomic mass is 10.2. The Bertz CT molecular complexity index is 522. The van der Waals surface area contributed by atoms with Crippen LogP contribution in [0.15, 0.2) is 30.6 Å². The number of hydrogen-bond donors (Lipinski definition) is 1. The minimum atomic E-state index is -1.03. The standard InChI is InChI=1S/C11H11N3O3/c1-14-9(8-3-2-4-12-6-8)5-10(13-14)17-7-11(15)16/h2-6H,7H2,1H3,(H,15,16). The Morgan fingerprint density at radius 1 is 1.59 bits per heavy atom. The predicted octanol–water partition coefficient (Wildman–Crippen LogP) is 0.945. The highest BCUT2D eigenvalue weighted by Gasteiger charge is 2.09. The summed E-state index contributed by atoms with van der Waals surface area (Å²) in [7, 11) is 1.76. The number of carboxylic acids is 1. The lowest BCUT2D eigenvalue weighted by Crippen LogP contribution is -2.09. The van der Waals surface area contributed by atoms with Gasteiger partial charge in [-0.05, 0) is 12.1 Å². The van der Waals surface area contributed by atoms with Gasteiger partial charge in [0, 0.05) is 31.1 Å². The number of pyridine rings is 1. The van der Waals surface area contributed by atoms with E-state index in [1.165, 1.54) is 0 Å². The van der Waals surface area contributed by atoms with Crippen LogP contribution in [0.4, 0.5) is 0 Å². The maximum atomic E-state index is 10.4. The zero-order chi connectivity index (χ0) is 12.3. The fourth-order valence-corrected chi connectivity index (χ4v) is 1.43. The van der Waals surface area contributed by atoms with Crippen molar-refractivity contribution in [3.63, 3.8) is 0 Å². The minimum absolute atomic E-state index is 0.286. The van der Waals surface area contributed by atoms with Crippen LogP contribution in [0, 0.1) is 0 Å². The Morgan fingerprint density at radius 2 is 2.41 bits per heavy atom. The van der Waals surface area contributed by atoms with Crippen molar-refractivity contribution in [2.45, 2.75) is 0 Å². The van der Waals surface area contributed by atoms with E-state index in [4.69, 9.17) is 9.84 Å². The lowest BCUT2D eigenvalue weighted by Gasteiger charge is -1.98. The van der Waals surface area contributed by atoms with Crippen LogP contribution in [-0.4, -0.2) is 32.4 Å². The molecule has 0 aromatic carbocycles. The molecule has 2 aromatic rings.